The van der Waals surface area contributed by atoms with Crippen LogP contribution in [0.3, 0.4) is 0 Å². The predicted octanol–water partition coefficient (Wildman–Crippen LogP) is 2.21. The van der Waals surface area contributed by atoms with Gasteiger partial charge in [-0.2, -0.15) is 0 Å². The van der Waals surface area contributed by atoms with Crippen molar-refractivity contribution >= 4 is 5.95 Å². The van der Waals surface area contributed by atoms with E-state index in [1.165, 1.54) is 12.8 Å². The van der Waals surface area contributed by atoms with Gasteiger partial charge in [0.05, 0.1) is 0 Å². The van der Waals surface area contributed by atoms with Crippen molar-refractivity contribution in [2.24, 2.45) is 0 Å². The zero-order chi connectivity index (χ0) is 12.7. The van der Waals surface area contributed by atoms with Gasteiger partial charge in [0.25, 0.3) is 0 Å². The summed E-state index contributed by atoms with van der Waals surface area (Å²) in [5.41, 5.74) is 1.13. The lowest BCUT2D eigenvalue weighted by Gasteiger charge is -2.16. The van der Waals surface area contributed by atoms with E-state index in [1.54, 1.807) is 0 Å². The molecule has 0 radical (unpaired) electrons. The molecule has 0 bridgehead atoms. The Morgan fingerprint density at radius 1 is 1.29 bits per heavy atom. The topological polar surface area (TPSA) is 41.1 Å². The Bertz CT molecular complexity index is 308. The molecule has 0 amide bonds. The van der Waals surface area contributed by atoms with Crippen molar-refractivity contribution < 1.29 is 0 Å². The zero-order valence-electron chi connectivity index (χ0n) is 11.4. The monoisotopic (exact) mass is 236 g/mol. The molecule has 0 aromatic carbocycles. The van der Waals surface area contributed by atoms with Crippen LogP contribution in [0.5, 0.6) is 0 Å². The largest absolute Gasteiger partial charge is 0.344 e. The SMILES string of the molecule is CCCCN(C)c1ncc(CNC(C)C)cn1. The van der Waals surface area contributed by atoms with Crippen LogP contribution in [0.1, 0.15) is 39.2 Å². The third kappa shape index (κ3) is 5.13. The van der Waals surface area contributed by atoms with Crippen LogP contribution < -0.4 is 10.2 Å². The first kappa shape index (κ1) is 13.9. The number of nitrogens with one attached hydrogen (secondary N) is 1. The molecular formula is C13H24N4. The molecule has 0 saturated heterocycles. The highest BCUT2D eigenvalue weighted by Crippen LogP contribution is 2.06. The van der Waals surface area contributed by atoms with E-state index in [1.807, 2.05) is 19.4 Å². The molecule has 0 saturated carbocycles. The highest BCUT2D eigenvalue weighted by Gasteiger charge is 2.03. The van der Waals surface area contributed by atoms with Crippen LogP contribution in [-0.2, 0) is 6.54 Å². The van der Waals surface area contributed by atoms with Gasteiger partial charge in [-0.1, -0.05) is 27.2 Å². The van der Waals surface area contributed by atoms with Crippen LogP contribution in [-0.4, -0.2) is 29.6 Å². The smallest absolute Gasteiger partial charge is 0.224 e. The van der Waals surface area contributed by atoms with E-state index in [9.17, 15) is 0 Å². The summed E-state index contributed by atoms with van der Waals surface area (Å²) in [5, 5.41) is 3.35. The van der Waals surface area contributed by atoms with Crippen molar-refractivity contribution in [1.82, 2.24) is 15.3 Å². The highest BCUT2D eigenvalue weighted by molar-refractivity contribution is 5.28. The van der Waals surface area contributed by atoms with Crippen molar-refractivity contribution in [2.45, 2.75) is 46.2 Å². The van der Waals surface area contributed by atoms with Gasteiger partial charge in [0, 0.05) is 44.1 Å². The lowest BCUT2D eigenvalue weighted by Crippen LogP contribution is -2.23. The van der Waals surface area contributed by atoms with Crippen LogP contribution in [0.15, 0.2) is 12.4 Å². The average molecular weight is 236 g/mol. The molecule has 0 aliphatic carbocycles. The third-order valence-corrected chi connectivity index (χ3v) is 2.59. The second-order valence-corrected chi connectivity index (χ2v) is 4.70. The fourth-order valence-electron chi connectivity index (χ4n) is 1.45. The Balaban J connectivity index is 2.49. The summed E-state index contributed by atoms with van der Waals surface area (Å²) in [6.07, 6.45) is 6.18. The fraction of sp³-hybridized carbons (Fsp3) is 0.692. The molecule has 1 aromatic heterocycles. The molecule has 0 aliphatic rings. The Kier molecular flexibility index (Phi) is 5.91. The Morgan fingerprint density at radius 3 is 2.47 bits per heavy atom. The maximum Gasteiger partial charge on any atom is 0.224 e. The maximum absolute atomic E-state index is 4.38. The van der Waals surface area contributed by atoms with E-state index in [2.05, 4.69) is 41.0 Å². The van der Waals surface area contributed by atoms with Gasteiger partial charge in [0.2, 0.25) is 5.95 Å². The molecule has 0 aliphatic heterocycles. The average Bonchev–Trinajstić information content (AvgIpc) is 2.34. The standard InChI is InChI=1S/C13H24N4/c1-5-6-7-17(4)13-15-9-12(10-16-13)8-14-11(2)3/h9-11,14H,5-8H2,1-4H3. The van der Waals surface area contributed by atoms with Crippen molar-refractivity contribution in [2.75, 3.05) is 18.5 Å². The van der Waals surface area contributed by atoms with Gasteiger partial charge in [0.15, 0.2) is 0 Å². The van der Waals surface area contributed by atoms with Gasteiger partial charge in [-0.3, -0.25) is 0 Å². The molecule has 1 rings (SSSR count). The molecule has 4 heteroatoms. The van der Waals surface area contributed by atoms with Crippen LogP contribution in [0.2, 0.25) is 0 Å². The number of anilines is 1. The number of unbranched alkanes of at least 4 members (excludes halogenated alkanes) is 1. The molecule has 17 heavy (non-hydrogen) atoms. The second-order valence-electron chi connectivity index (χ2n) is 4.70. The van der Waals surface area contributed by atoms with E-state index < -0.39 is 0 Å². The molecule has 1 heterocycles. The lowest BCUT2D eigenvalue weighted by molar-refractivity contribution is 0.586. The first-order valence-electron chi connectivity index (χ1n) is 6.39. The minimum atomic E-state index is 0.488. The van der Waals surface area contributed by atoms with Gasteiger partial charge in [-0.05, 0) is 6.42 Å². The Morgan fingerprint density at radius 2 is 1.94 bits per heavy atom. The first-order valence-corrected chi connectivity index (χ1v) is 6.39. The molecular weight excluding hydrogens is 212 g/mol. The predicted molar refractivity (Wildman–Crippen MR) is 72.2 cm³/mol. The lowest BCUT2D eigenvalue weighted by atomic mass is 10.3. The molecule has 0 fully saturated rings. The number of nitrogens with zero attached hydrogens (tertiary/aromatic N) is 3. The molecule has 0 unspecified atom stereocenters. The second kappa shape index (κ2) is 7.22. The molecule has 96 valence electrons. The van der Waals surface area contributed by atoms with E-state index >= 15 is 0 Å². The van der Waals surface area contributed by atoms with E-state index in [0.717, 1.165) is 24.6 Å². The normalized spacial score (nSPS) is 10.9. The highest BCUT2D eigenvalue weighted by atomic mass is 15.2. The number of hydrogen-bond donors (Lipinski definition) is 1. The molecule has 1 aromatic rings. The minimum absolute atomic E-state index is 0.488. The molecule has 0 atom stereocenters. The summed E-state index contributed by atoms with van der Waals surface area (Å²) in [4.78, 5) is 10.9. The maximum atomic E-state index is 4.38. The first-order chi connectivity index (χ1) is 8.13. The van der Waals surface area contributed by atoms with Crippen LogP contribution in [0, 0.1) is 0 Å². The van der Waals surface area contributed by atoms with Crippen molar-refractivity contribution in [3.8, 4) is 0 Å². The van der Waals surface area contributed by atoms with E-state index in [4.69, 9.17) is 0 Å². The van der Waals surface area contributed by atoms with Gasteiger partial charge in [-0.25, -0.2) is 9.97 Å². The van der Waals surface area contributed by atoms with Crippen LogP contribution >= 0.6 is 0 Å². The summed E-state index contributed by atoms with van der Waals surface area (Å²) < 4.78 is 0. The van der Waals surface area contributed by atoms with Gasteiger partial charge in [-0.15, -0.1) is 0 Å². The number of aromatic nitrogens is 2. The van der Waals surface area contributed by atoms with Crippen molar-refractivity contribution in [3.05, 3.63) is 18.0 Å². The summed E-state index contributed by atoms with van der Waals surface area (Å²) in [5.74, 6) is 0.812. The van der Waals surface area contributed by atoms with Crippen molar-refractivity contribution in [3.63, 3.8) is 0 Å². The fourth-order valence-corrected chi connectivity index (χ4v) is 1.45. The van der Waals surface area contributed by atoms with Crippen LogP contribution in [0.4, 0.5) is 5.95 Å². The summed E-state index contributed by atoms with van der Waals surface area (Å²) in [7, 11) is 2.04. The van der Waals surface area contributed by atoms with Gasteiger partial charge >= 0.3 is 0 Å². The zero-order valence-corrected chi connectivity index (χ0v) is 11.4. The summed E-state index contributed by atoms with van der Waals surface area (Å²) in [6, 6.07) is 0.488. The molecule has 0 spiro atoms. The van der Waals surface area contributed by atoms with Crippen LogP contribution in [0.25, 0.3) is 0 Å². The Labute approximate surface area is 104 Å². The van der Waals surface area contributed by atoms with Gasteiger partial charge in [0.1, 0.15) is 0 Å². The number of rotatable bonds is 7. The van der Waals surface area contributed by atoms with E-state index in [0.29, 0.717) is 6.04 Å². The van der Waals surface area contributed by atoms with Crippen molar-refractivity contribution in [1.29, 1.82) is 0 Å². The van der Waals surface area contributed by atoms with E-state index in [-0.39, 0.29) is 0 Å². The van der Waals surface area contributed by atoms with Gasteiger partial charge < -0.3 is 10.2 Å². The number of hydrogen-bond acceptors (Lipinski definition) is 4. The Hall–Kier alpha value is -1.16. The molecule has 4 nitrogen and oxygen atoms in total. The summed E-state index contributed by atoms with van der Waals surface area (Å²) >= 11 is 0. The third-order valence-electron chi connectivity index (χ3n) is 2.59. The summed E-state index contributed by atoms with van der Waals surface area (Å²) in [6.45, 7) is 8.30. The molecule has 1 N–H and O–H groups in total. The quantitative estimate of drug-likeness (QED) is 0.788. The minimum Gasteiger partial charge on any atom is -0.344 e.